The lowest BCUT2D eigenvalue weighted by Crippen LogP contribution is -2.51. The Morgan fingerprint density at radius 3 is 2.70 bits per heavy atom. The van der Waals surface area contributed by atoms with E-state index >= 15 is 0 Å². The van der Waals surface area contributed by atoms with E-state index in [4.69, 9.17) is 5.73 Å². The van der Waals surface area contributed by atoms with Gasteiger partial charge in [0.1, 0.15) is 0 Å². The molecule has 114 valence electrons. The molecule has 20 heavy (non-hydrogen) atoms. The topological polar surface area (TPSA) is 132 Å². The van der Waals surface area contributed by atoms with Gasteiger partial charge in [-0.2, -0.15) is 0 Å². The van der Waals surface area contributed by atoms with E-state index in [9.17, 15) is 13.2 Å². The number of nitrogens with one attached hydrogen (secondary N) is 2. The summed E-state index contributed by atoms with van der Waals surface area (Å²) in [6.45, 7) is 4.33. The van der Waals surface area contributed by atoms with Crippen LogP contribution in [0.4, 0.5) is 0 Å². The van der Waals surface area contributed by atoms with Crippen molar-refractivity contribution in [3.8, 4) is 0 Å². The normalized spacial score (nSPS) is 12.4. The van der Waals surface area contributed by atoms with E-state index in [2.05, 4.69) is 20.4 Å². The first kappa shape index (κ1) is 16.5. The van der Waals surface area contributed by atoms with Gasteiger partial charge in [0.15, 0.2) is 5.69 Å². The molecular weight excluding hydrogens is 284 g/mol. The van der Waals surface area contributed by atoms with E-state index in [0.717, 1.165) is 6.26 Å². The summed E-state index contributed by atoms with van der Waals surface area (Å²) < 4.78 is 26.2. The van der Waals surface area contributed by atoms with Gasteiger partial charge in [0.2, 0.25) is 10.0 Å². The number of nitrogens with zero attached hydrogens (tertiary/aromatic N) is 3. The van der Waals surface area contributed by atoms with Gasteiger partial charge in [-0.05, 0) is 13.8 Å². The Morgan fingerprint density at radius 1 is 1.50 bits per heavy atom. The minimum atomic E-state index is -3.34. The van der Waals surface area contributed by atoms with Gasteiger partial charge in [-0.25, -0.2) is 13.1 Å². The summed E-state index contributed by atoms with van der Waals surface area (Å²) in [7, 11) is -3.34. The second-order valence-electron chi connectivity index (χ2n) is 5.10. The van der Waals surface area contributed by atoms with E-state index in [0.29, 0.717) is 13.1 Å². The standard InChI is InChI=1S/C10H20N6O3S/c1-10(2,14-20(3,18)19)7-12-9(17)8-6-16(5-4-11)15-13-8/h6,14H,4-5,7,11H2,1-3H3,(H,12,17). The summed E-state index contributed by atoms with van der Waals surface area (Å²) in [6, 6.07) is 0. The molecule has 0 aliphatic rings. The van der Waals surface area contributed by atoms with Crippen LogP contribution in [0.15, 0.2) is 6.20 Å². The second kappa shape index (κ2) is 6.29. The van der Waals surface area contributed by atoms with Crippen LogP contribution in [0.1, 0.15) is 24.3 Å². The highest BCUT2D eigenvalue weighted by Gasteiger charge is 2.23. The molecule has 0 aliphatic heterocycles. The molecule has 0 saturated heterocycles. The first-order valence-electron chi connectivity index (χ1n) is 6.00. The number of nitrogens with two attached hydrogens (primary N) is 1. The van der Waals surface area contributed by atoms with Gasteiger partial charge >= 0.3 is 0 Å². The maximum Gasteiger partial charge on any atom is 0.273 e. The van der Waals surface area contributed by atoms with Crippen molar-refractivity contribution in [3.05, 3.63) is 11.9 Å². The summed E-state index contributed by atoms with van der Waals surface area (Å²) >= 11 is 0. The number of sulfonamides is 1. The molecule has 0 saturated carbocycles. The molecule has 0 aliphatic carbocycles. The molecule has 1 heterocycles. The minimum Gasteiger partial charge on any atom is -0.349 e. The van der Waals surface area contributed by atoms with Crippen molar-refractivity contribution in [3.63, 3.8) is 0 Å². The highest BCUT2D eigenvalue weighted by molar-refractivity contribution is 7.88. The number of carbonyl (C=O) groups excluding carboxylic acids is 1. The molecule has 1 aromatic heterocycles. The Labute approximate surface area is 118 Å². The lowest BCUT2D eigenvalue weighted by atomic mass is 10.1. The van der Waals surface area contributed by atoms with Gasteiger partial charge < -0.3 is 11.1 Å². The van der Waals surface area contributed by atoms with E-state index in [1.165, 1.54) is 10.9 Å². The van der Waals surface area contributed by atoms with E-state index in [1.54, 1.807) is 13.8 Å². The summed E-state index contributed by atoms with van der Waals surface area (Å²) in [4.78, 5) is 11.8. The quantitative estimate of drug-likeness (QED) is 0.550. The van der Waals surface area contributed by atoms with Crippen LogP contribution in [0.25, 0.3) is 0 Å². The van der Waals surface area contributed by atoms with Crippen molar-refractivity contribution in [1.29, 1.82) is 0 Å². The monoisotopic (exact) mass is 304 g/mol. The zero-order valence-corrected chi connectivity index (χ0v) is 12.6. The molecule has 0 radical (unpaired) electrons. The highest BCUT2D eigenvalue weighted by Crippen LogP contribution is 2.02. The van der Waals surface area contributed by atoms with Gasteiger partial charge in [-0.1, -0.05) is 5.21 Å². The average molecular weight is 304 g/mol. The Balaban J connectivity index is 2.58. The van der Waals surface area contributed by atoms with E-state index in [-0.39, 0.29) is 12.2 Å². The molecule has 0 unspecified atom stereocenters. The third-order valence-electron chi connectivity index (χ3n) is 2.28. The van der Waals surface area contributed by atoms with E-state index < -0.39 is 21.5 Å². The predicted molar refractivity (Wildman–Crippen MR) is 73.5 cm³/mol. The van der Waals surface area contributed by atoms with Crippen molar-refractivity contribution in [2.75, 3.05) is 19.3 Å². The molecule has 0 aromatic carbocycles. The lowest BCUT2D eigenvalue weighted by Gasteiger charge is -2.24. The number of hydrogen-bond acceptors (Lipinski definition) is 6. The number of aromatic nitrogens is 3. The second-order valence-corrected chi connectivity index (χ2v) is 6.84. The molecule has 1 aromatic rings. The van der Waals surface area contributed by atoms with Crippen LogP contribution in [0.5, 0.6) is 0 Å². The van der Waals surface area contributed by atoms with E-state index in [1.807, 2.05) is 0 Å². The van der Waals surface area contributed by atoms with Gasteiger partial charge in [-0.15, -0.1) is 5.10 Å². The van der Waals surface area contributed by atoms with Crippen molar-refractivity contribution in [2.24, 2.45) is 5.73 Å². The first-order chi connectivity index (χ1) is 9.13. The third kappa shape index (κ3) is 5.63. The van der Waals surface area contributed by atoms with Crippen LogP contribution in [0, 0.1) is 0 Å². The van der Waals surface area contributed by atoms with Crippen LogP contribution in [0.2, 0.25) is 0 Å². The number of hydrogen-bond donors (Lipinski definition) is 3. The first-order valence-corrected chi connectivity index (χ1v) is 7.89. The zero-order chi connectivity index (χ0) is 15.4. The zero-order valence-electron chi connectivity index (χ0n) is 11.8. The molecule has 0 atom stereocenters. The Hall–Kier alpha value is -1.52. The Bertz CT molecular complexity index is 565. The van der Waals surface area contributed by atoms with Crippen LogP contribution < -0.4 is 15.8 Å². The van der Waals surface area contributed by atoms with Crippen LogP contribution >= 0.6 is 0 Å². The number of carbonyl (C=O) groups is 1. The van der Waals surface area contributed by atoms with Crippen LogP contribution in [-0.4, -0.2) is 54.2 Å². The van der Waals surface area contributed by atoms with Gasteiger partial charge in [0, 0.05) is 18.6 Å². The van der Waals surface area contributed by atoms with Crippen molar-refractivity contribution >= 4 is 15.9 Å². The van der Waals surface area contributed by atoms with Crippen molar-refractivity contribution in [2.45, 2.75) is 25.9 Å². The summed E-state index contributed by atoms with van der Waals surface area (Å²) in [5, 5.41) is 10.1. The summed E-state index contributed by atoms with van der Waals surface area (Å²) in [6.07, 6.45) is 2.55. The molecule has 0 spiro atoms. The fraction of sp³-hybridized carbons (Fsp3) is 0.700. The highest BCUT2D eigenvalue weighted by atomic mass is 32.2. The third-order valence-corrected chi connectivity index (χ3v) is 3.21. The maximum atomic E-state index is 11.8. The van der Waals surface area contributed by atoms with Gasteiger partial charge in [-0.3, -0.25) is 9.48 Å². The molecule has 1 amide bonds. The van der Waals surface area contributed by atoms with Gasteiger partial charge in [0.05, 0.1) is 19.0 Å². The number of amides is 1. The lowest BCUT2D eigenvalue weighted by molar-refractivity contribution is 0.0939. The maximum absolute atomic E-state index is 11.8. The van der Waals surface area contributed by atoms with Crippen LogP contribution in [-0.2, 0) is 16.6 Å². The number of rotatable bonds is 7. The molecular formula is C10H20N6O3S. The van der Waals surface area contributed by atoms with Crippen molar-refractivity contribution < 1.29 is 13.2 Å². The van der Waals surface area contributed by atoms with Crippen LogP contribution in [0.3, 0.4) is 0 Å². The smallest absolute Gasteiger partial charge is 0.273 e. The molecule has 1 rings (SSSR count). The largest absolute Gasteiger partial charge is 0.349 e. The minimum absolute atomic E-state index is 0.128. The molecule has 0 fully saturated rings. The molecule has 0 bridgehead atoms. The SMILES string of the molecule is CC(C)(CNC(=O)c1cn(CCN)nn1)NS(C)(=O)=O. The Morgan fingerprint density at radius 2 is 2.15 bits per heavy atom. The van der Waals surface area contributed by atoms with Crippen molar-refractivity contribution in [1.82, 2.24) is 25.0 Å². The molecule has 10 heteroatoms. The summed E-state index contributed by atoms with van der Waals surface area (Å²) in [5.41, 5.74) is 4.73. The Kier molecular flexibility index (Phi) is 5.20. The van der Waals surface area contributed by atoms with Gasteiger partial charge in [0.25, 0.3) is 5.91 Å². The molecule has 9 nitrogen and oxygen atoms in total. The fourth-order valence-electron chi connectivity index (χ4n) is 1.57. The average Bonchev–Trinajstić information content (AvgIpc) is 2.72. The predicted octanol–water partition coefficient (Wildman–Crippen LogP) is -1.71. The fourth-order valence-corrected chi connectivity index (χ4v) is 2.65. The molecule has 4 N–H and O–H groups in total. The summed E-state index contributed by atoms with van der Waals surface area (Å²) in [5.74, 6) is -0.420.